The smallest absolute Gasteiger partial charge is 0.354 e. The van der Waals surface area contributed by atoms with E-state index in [2.05, 4.69) is 24.1 Å². The zero-order valence-corrected chi connectivity index (χ0v) is 13.0. The number of nitrogens with one attached hydrogen (secondary N) is 1. The minimum absolute atomic E-state index is 0.171. The largest absolute Gasteiger partial charge is 0.477 e. The van der Waals surface area contributed by atoms with Crippen molar-refractivity contribution in [3.05, 3.63) is 17.7 Å². The third-order valence-electron chi connectivity index (χ3n) is 4.34. The van der Waals surface area contributed by atoms with E-state index in [0.29, 0.717) is 18.9 Å². The summed E-state index contributed by atoms with van der Waals surface area (Å²) < 4.78 is 1.56. The van der Waals surface area contributed by atoms with Crippen LogP contribution in [0.2, 0.25) is 0 Å². The summed E-state index contributed by atoms with van der Waals surface area (Å²) >= 11 is 0. The van der Waals surface area contributed by atoms with Crippen molar-refractivity contribution in [2.24, 2.45) is 12.5 Å². The standard InChI is InChI=1S/C15H25N3O3/c1-14(2)5-4-6-15(21,9-14)10-16-8-12-17-7-11(13(19)20)18(12)3/h7,16,21H,4-6,8-10H2,1-3H3,(H,19,20). The van der Waals surface area contributed by atoms with Gasteiger partial charge >= 0.3 is 5.97 Å². The molecular weight excluding hydrogens is 270 g/mol. The molecule has 1 fully saturated rings. The van der Waals surface area contributed by atoms with E-state index in [0.717, 1.165) is 25.7 Å². The van der Waals surface area contributed by atoms with Crippen LogP contribution < -0.4 is 5.32 Å². The molecule has 118 valence electrons. The van der Waals surface area contributed by atoms with E-state index in [1.807, 2.05) is 0 Å². The van der Waals surface area contributed by atoms with Crippen LogP contribution in [0.15, 0.2) is 6.20 Å². The Hall–Kier alpha value is -1.40. The molecule has 1 atom stereocenters. The average molecular weight is 295 g/mol. The van der Waals surface area contributed by atoms with E-state index >= 15 is 0 Å². The number of nitrogens with zero attached hydrogens (tertiary/aromatic N) is 2. The van der Waals surface area contributed by atoms with Crippen molar-refractivity contribution < 1.29 is 15.0 Å². The monoisotopic (exact) mass is 295 g/mol. The van der Waals surface area contributed by atoms with Gasteiger partial charge in [0.25, 0.3) is 0 Å². The van der Waals surface area contributed by atoms with E-state index in [9.17, 15) is 9.90 Å². The lowest BCUT2D eigenvalue weighted by Crippen LogP contribution is -2.46. The molecule has 1 unspecified atom stereocenters. The summed E-state index contributed by atoms with van der Waals surface area (Å²) in [6.45, 7) is 5.34. The number of imidazole rings is 1. The van der Waals surface area contributed by atoms with Crippen LogP contribution in [0.4, 0.5) is 0 Å². The number of hydrogen-bond acceptors (Lipinski definition) is 4. The Morgan fingerprint density at radius 1 is 1.48 bits per heavy atom. The Morgan fingerprint density at radius 3 is 2.76 bits per heavy atom. The summed E-state index contributed by atoms with van der Waals surface area (Å²) in [5.74, 6) is -0.324. The van der Waals surface area contributed by atoms with Gasteiger partial charge in [0.1, 0.15) is 11.5 Å². The average Bonchev–Trinajstić information content (AvgIpc) is 2.69. The fourth-order valence-electron chi connectivity index (χ4n) is 3.33. The van der Waals surface area contributed by atoms with Gasteiger partial charge in [0.05, 0.1) is 18.3 Å². The van der Waals surface area contributed by atoms with Crippen LogP contribution in [-0.2, 0) is 13.6 Å². The Morgan fingerprint density at radius 2 is 2.19 bits per heavy atom. The summed E-state index contributed by atoms with van der Waals surface area (Å²) in [5.41, 5.74) is -0.332. The molecule has 0 aromatic carbocycles. The predicted molar refractivity (Wildman–Crippen MR) is 79.1 cm³/mol. The quantitative estimate of drug-likeness (QED) is 0.767. The first-order valence-corrected chi connectivity index (χ1v) is 7.39. The Bertz CT molecular complexity index is 524. The van der Waals surface area contributed by atoms with E-state index in [4.69, 9.17) is 5.11 Å². The maximum atomic E-state index is 11.0. The number of rotatable bonds is 5. The van der Waals surface area contributed by atoms with Crippen LogP contribution >= 0.6 is 0 Å². The van der Waals surface area contributed by atoms with Gasteiger partial charge in [0.15, 0.2) is 0 Å². The van der Waals surface area contributed by atoms with Crippen molar-refractivity contribution in [1.82, 2.24) is 14.9 Å². The molecule has 0 spiro atoms. The van der Waals surface area contributed by atoms with E-state index in [1.54, 1.807) is 11.6 Å². The van der Waals surface area contributed by atoms with Gasteiger partial charge in [-0.1, -0.05) is 20.3 Å². The molecule has 1 saturated carbocycles. The lowest BCUT2D eigenvalue weighted by molar-refractivity contribution is -0.0375. The number of aliphatic hydroxyl groups is 1. The third kappa shape index (κ3) is 3.83. The molecular formula is C15H25N3O3. The van der Waals surface area contributed by atoms with Crippen LogP contribution in [0.5, 0.6) is 0 Å². The minimum atomic E-state index is -0.982. The highest BCUT2D eigenvalue weighted by molar-refractivity contribution is 5.85. The summed E-state index contributed by atoms with van der Waals surface area (Å²) in [7, 11) is 1.69. The van der Waals surface area contributed by atoms with E-state index in [1.165, 1.54) is 6.20 Å². The third-order valence-corrected chi connectivity index (χ3v) is 4.34. The molecule has 0 bridgehead atoms. The molecule has 1 aliphatic carbocycles. The predicted octanol–water partition coefficient (Wildman–Crippen LogP) is 1.54. The first-order chi connectivity index (χ1) is 9.72. The van der Waals surface area contributed by atoms with Crippen molar-refractivity contribution in [3.63, 3.8) is 0 Å². The summed E-state index contributed by atoms with van der Waals surface area (Å²) in [5, 5.41) is 22.9. The first-order valence-electron chi connectivity index (χ1n) is 7.39. The number of carboxylic acid groups (broad SMARTS) is 1. The van der Waals surface area contributed by atoms with Crippen molar-refractivity contribution in [3.8, 4) is 0 Å². The van der Waals surface area contributed by atoms with Gasteiger partial charge in [-0.25, -0.2) is 9.78 Å². The number of carboxylic acids is 1. The zero-order valence-electron chi connectivity index (χ0n) is 13.0. The van der Waals surface area contributed by atoms with Crippen molar-refractivity contribution in [1.29, 1.82) is 0 Å². The number of hydrogen-bond donors (Lipinski definition) is 3. The highest BCUT2D eigenvalue weighted by Crippen LogP contribution is 2.40. The van der Waals surface area contributed by atoms with Gasteiger partial charge in [-0.15, -0.1) is 0 Å². The van der Waals surface area contributed by atoms with E-state index in [-0.39, 0.29) is 11.1 Å². The van der Waals surface area contributed by atoms with Crippen LogP contribution in [0.25, 0.3) is 0 Å². The Kier molecular flexibility index (Phi) is 4.39. The molecule has 6 heteroatoms. The fourth-order valence-corrected chi connectivity index (χ4v) is 3.33. The number of carbonyl (C=O) groups is 1. The SMILES string of the molecule is Cn1c(C(=O)O)cnc1CNCC1(O)CCCC(C)(C)C1. The molecule has 1 heterocycles. The van der Waals surface area contributed by atoms with Crippen molar-refractivity contribution in [2.45, 2.75) is 51.7 Å². The van der Waals surface area contributed by atoms with Gasteiger partial charge in [0, 0.05) is 13.6 Å². The first kappa shape index (κ1) is 16.0. The second-order valence-electron chi connectivity index (χ2n) is 6.95. The molecule has 0 radical (unpaired) electrons. The molecule has 1 aromatic rings. The second kappa shape index (κ2) is 5.77. The minimum Gasteiger partial charge on any atom is -0.477 e. The lowest BCUT2D eigenvalue weighted by atomic mass is 9.70. The molecule has 21 heavy (non-hydrogen) atoms. The molecule has 6 nitrogen and oxygen atoms in total. The van der Waals surface area contributed by atoms with Gasteiger partial charge in [-0.05, 0) is 24.7 Å². The maximum absolute atomic E-state index is 11.0. The Labute approximate surface area is 125 Å². The number of aromatic nitrogens is 2. The van der Waals surface area contributed by atoms with Crippen LogP contribution in [0.1, 0.15) is 55.8 Å². The molecule has 0 amide bonds. The number of aromatic carboxylic acids is 1. The second-order valence-corrected chi connectivity index (χ2v) is 6.95. The molecule has 3 N–H and O–H groups in total. The van der Waals surface area contributed by atoms with Gasteiger partial charge in [0.2, 0.25) is 0 Å². The van der Waals surface area contributed by atoms with Crippen LogP contribution in [0, 0.1) is 5.41 Å². The maximum Gasteiger partial charge on any atom is 0.354 e. The zero-order chi connectivity index (χ0) is 15.7. The van der Waals surface area contributed by atoms with E-state index < -0.39 is 11.6 Å². The molecule has 0 saturated heterocycles. The normalized spacial score (nSPS) is 25.0. The molecule has 1 aromatic heterocycles. The van der Waals surface area contributed by atoms with Crippen LogP contribution in [-0.4, -0.2) is 37.9 Å². The Balaban J connectivity index is 1.91. The molecule has 0 aliphatic heterocycles. The summed E-state index contributed by atoms with van der Waals surface area (Å²) in [6.07, 6.45) is 5.14. The van der Waals surface area contributed by atoms with Crippen molar-refractivity contribution >= 4 is 5.97 Å². The topological polar surface area (TPSA) is 87.4 Å². The van der Waals surface area contributed by atoms with Gasteiger partial charge in [-0.2, -0.15) is 0 Å². The molecule has 1 aliphatic rings. The highest BCUT2D eigenvalue weighted by Gasteiger charge is 2.38. The molecule has 2 rings (SSSR count). The highest BCUT2D eigenvalue weighted by atomic mass is 16.4. The van der Waals surface area contributed by atoms with Gasteiger partial charge in [-0.3, -0.25) is 0 Å². The van der Waals surface area contributed by atoms with Crippen molar-refractivity contribution in [2.75, 3.05) is 6.54 Å². The summed E-state index contributed by atoms with van der Waals surface area (Å²) in [6, 6.07) is 0. The van der Waals surface area contributed by atoms with Crippen LogP contribution in [0.3, 0.4) is 0 Å². The van der Waals surface area contributed by atoms with Gasteiger partial charge < -0.3 is 20.1 Å². The lowest BCUT2D eigenvalue weighted by Gasteiger charge is -2.41. The summed E-state index contributed by atoms with van der Waals surface area (Å²) in [4.78, 5) is 15.1. The fraction of sp³-hybridized carbons (Fsp3) is 0.733.